The second kappa shape index (κ2) is 7.36. The highest BCUT2D eigenvalue weighted by atomic mass is 35.5. The van der Waals surface area contributed by atoms with E-state index in [4.69, 9.17) is 11.6 Å². The smallest absolute Gasteiger partial charge is 0.321 e. The average molecular weight is 358 g/mol. The van der Waals surface area contributed by atoms with Crippen LogP contribution in [0.3, 0.4) is 0 Å². The number of hydrogen-bond donors (Lipinski definition) is 1. The van der Waals surface area contributed by atoms with E-state index in [0.717, 1.165) is 24.3 Å². The van der Waals surface area contributed by atoms with Crippen molar-refractivity contribution in [3.8, 4) is 0 Å². The number of piperazine rings is 1. The molecule has 0 spiro atoms. The fourth-order valence-corrected chi connectivity index (χ4v) is 3.40. The van der Waals surface area contributed by atoms with Crippen molar-refractivity contribution in [3.63, 3.8) is 0 Å². The summed E-state index contributed by atoms with van der Waals surface area (Å²) in [6, 6.07) is 12.0. The summed E-state index contributed by atoms with van der Waals surface area (Å²) in [4.78, 5) is 16.8. The van der Waals surface area contributed by atoms with E-state index in [9.17, 15) is 4.79 Å². The summed E-state index contributed by atoms with van der Waals surface area (Å²) in [5.74, 6) is 0. The summed E-state index contributed by atoms with van der Waals surface area (Å²) in [6.07, 6.45) is 0. The van der Waals surface area contributed by atoms with Crippen molar-refractivity contribution >= 4 is 29.0 Å². The first kappa shape index (κ1) is 17.6. The van der Waals surface area contributed by atoms with Gasteiger partial charge in [-0.25, -0.2) is 4.79 Å². The van der Waals surface area contributed by atoms with E-state index in [-0.39, 0.29) is 6.03 Å². The van der Waals surface area contributed by atoms with Crippen LogP contribution in [0.4, 0.5) is 16.2 Å². The predicted molar refractivity (Wildman–Crippen MR) is 105 cm³/mol. The number of halogens is 1. The third-order valence-electron chi connectivity index (χ3n) is 4.70. The van der Waals surface area contributed by atoms with Gasteiger partial charge >= 0.3 is 6.03 Å². The lowest BCUT2D eigenvalue weighted by Crippen LogP contribution is -2.50. The molecule has 0 aromatic heterocycles. The molecule has 0 atom stereocenters. The average Bonchev–Trinajstić information content (AvgIpc) is 2.59. The molecule has 0 saturated carbocycles. The summed E-state index contributed by atoms with van der Waals surface area (Å²) >= 11 is 5.97. The number of anilines is 2. The minimum absolute atomic E-state index is 0.0500. The third kappa shape index (κ3) is 4.07. The highest BCUT2D eigenvalue weighted by Gasteiger charge is 2.22. The molecule has 2 amide bonds. The summed E-state index contributed by atoms with van der Waals surface area (Å²) < 4.78 is 0. The van der Waals surface area contributed by atoms with Gasteiger partial charge in [-0.1, -0.05) is 23.7 Å². The Hall–Kier alpha value is -2.20. The van der Waals surface area contributed by atoms with Crippen molar-refractivity contribution in [2.75, 3.05) is 36.4 Å². The van der Waals surface area contributed by atoms with Gasteiger partial charge in [0.1, 0.15) is 0 Å². The Morgan fingerprint density at radius 1 is 0.960 bits per heavy atom. The molecule has 1 fully saturated rings. The molecule has 1 heterocycles. The molecule has 1 aliphatic heterocycles. The number of urea groups is 1. The number of rotatable bonds is 2. The van der Waals surface area contributed by atoms with Gasteiger partial charge in [-0.15, -0.1) is 0 Å². The standard InChI is InChI=1S/C20H24ClN3O/c1-14-4-5-15(2)19(12-14)23-8-10-24(11-9-23)20(25)22-18-7-6-17(21)13-16(18)3/h4-7,12-13H,8-11H2,1-3H3,(H,22,25). The van der Waals surface area contributed by atoms with Crippen molar-refractivity contribution in [1.29, 1.82) is 0 Å². The molecular weight excluding hydrogens is 334 g/mol. The van der Waals surface area contributed by atoms with Crippen LogP contribution in [0.15, 0.2) is 36.4 Å². The van der Waals surface area contributed by atoms with Gasteiger partial charge < -0.3 is 15.1 Å². The van der Waals surface area contributed by atoms with Crippen molar-refractivity contribution in [3.05, 3.63) is 58.1 Å². The maximum atomic E-state index is 12.5. The van der Waals surface area contributed by atoms with Gasteiger partial charge in [0, 0.05) is 42.6 Å². The number of carbonyl (C=O) groups is 1. The van der Waals surface area contributed by atoms with E-state index >= 15 is 0 Å². The Labute approximate surface area is 154 Å². The molecule has 0 bridgehead atoms. The molecular formula is C20H24ClN3O. The van der Waals surface area contributed by atoms with Crippen LogP contribution in [0, 0.1) is 20.8 Å². The normalized spacial score (nSPS) is 14.6. The van der Waals surface area contributed by atoms with Gasteiger partial charge in [-0.2, -0.15) is 0 Å². The highest BCUT2D eigenvalue weighted by molar-refractivity contribution is 6.30. The van der Waals surface area contributed by atoms with Crippen LogP contribution in [-0.4, -0.2) is 37.1 Å². The molecule has 3 rings (SSSR count). The first-order valence-corrected chi connectivity index (χ1v) is 8.96. The van der Waals surface area contributed by atoms with E-state index in [1.807, 2.05) is 24.0 Å². The topological polar surface area (TPSA) is 35.6 Å². The molecule has 0 unspecified atom stereocenters. The van der Waals surface area contributed by atoms with E-state index in [1.54, 1.807) is 6.07 Å². The van der Waals surface area contributed by atoms with Gasteiger partial charge in [0.25, 0.3) is 0 Å². The van der Waals surface area contributed by atoms with Crippen LogP contribution in [0.5, 0.6) is 0 Å². The second-order valence-electron chi connectivity index (χ2n) is 6.65. The number of aryl methyl sites for hydroxylation is 3. The highest BCUT2D eigenvalue weighted by Crippen LogP contribution is 2.24. The first-order valence-electron chi connectivity index (χ1n) is 8.58. The van der Waals surface area contributed by atoms with Gasteiger partial charge in [0.2, 0.25) is 0 Å². The minimum Gasteiger partial charge on any atom is -0.368 e. The molecule has 4 nitrogen and oxygen atoms in total. The van der Waals surface area contributed by atoms with Crippen molar-refractivity contribution < 1.29 is 4.79 Å². The lowest BCUT2D eigenvalue weighted by Gasteiger charge is -2.37. The van der Waals surface area contributed by atoms with Crippen LogP contribution in [0.2, 0.25) is 5.02 Å². The van der Waals surface area contributed by atoms with Crippen LogP contribution in [-0.2, 0) is 0 Å². The molecule has 1 N–H and O–H groups in total. The van der Waals surface area contributed by atoms with E-state index < -0.39 is 0 Å². The minimum atomic E-state index is -0.0500. The number of carbonyl (C=O) groups excluding carboxylic acids is 1. The predicted octanol–water partition coefficient (Wildman–Crippen LogP) is 4.62. The molecule has 132 valence electrons. The lowest BCUT2D eigenvalue weighted by atomic mass is 10.1. The largest absolute Gasteiger partial charge is 0.368 e. The summed E-state index contributed by atoms with van der Waals surface area (Å²) in [5, 5.41) is 3.67. The summed E-state index contributed by atoms with van der Waals surface area (Å²) in [5.41, 5.74) is 5.59. The van der Waals surface area contributed by atoms with E-state index in [2.05, 4.69) is 42.3 Å². The molecule has 0 radical (unpaired) electrons. The molecule has 25 heavy (non-hydrogen) atoms. The SMILES string of the molecule is Cc1ccc(C)c(N2CCN(C(=O)Nc3ccc(Cl)cc3C)CC2)c1. The fourth-order valence-electron chi connectivity index (χ4n) is 3.17. The summed E-state index contributed by atoms with van der Waals surface area (Å²) in [7, 11) is 0. The number of nitrogens with one attached hydrogen (secondary N) is 1. The fraction of sp³-hybridized carbons (Fsp3) is 0.350. The van der Waals surface area contributed by atoms with Crippen LogP contribution >= 0.6 is 11.6 Å². The Morgan fingerprint density at radius 3 is 2.36 bits per heavy atom. The number of hydrogen-bond acceptors (Lipinski definition) is 2. The van der Waals surface area contributed by atoms with Gasteiger partial charge in [-0.05, 0) is 61.7 Å². The zero-order chi connectivity index (χ0) is 18.0. The molecule has 5 heteroatoms. The van der Waals surface area contributed by atoms with Crippen molar-refractivity contribution in [1.82, 2.24) is 4.90 Å². The van der Waals surface area contributed by atoms with Crippen molar-refractivity contribution in [2.24, 2.45) is 0 Å². The van der Waals surface area contributed by atoms with Crippen LogP contribution in [0.1, 0.15) is 16.7 Å². The zero-order valence-corrected chi connectivity index (χ0v) is 15.7. The third-order valence-corrected chi connectivity index (χ3v) is 4.94. The van der Waals surface area contributed by atoms with Crippen LogP contribution in [0.25, 0.3) is 0 Å². The Balaban J connectivity index is 1.62. The Bertz CT molecular complexity index is 783. The Morgan fingerprint density at radius 2 is 1.68 bits per heavy atom. The molecule has 2 aromatic carbocycles. The van der Waals surface area contributed by atoms with E-state index in [0.29, 0.717) is 18.1 Å². The summed E-state index contributed by atoms with van der Waals surface area (Å²) in [6.45, 7) is 9.31. The molecule has 1 aliphatic rings. The van der Waals surface area contributed by atoms with Gasteiger partial charge in [-0.3, -0.25) is 0 Å². The lowest BCUT2D eigenvalue weighted by molar-refractivity contribution is 0.208. The van der Waals surface area contributed by atoms with E-state index in [1.165, 1.54) is 16.8 Å². The molecule has 1 saturated heterocycles. The van der Waals surface area contributed by atoms with Crippen molar-refractivity contribution in [2.45, 2.75) is 20.8 Å². The number of benzene rings is 2. The molecule has 0 aliphatic carbocycles. The Kier molecular flexibility index (Phi) is 5.19. The molecule has 2 aromatic rings. The maximum Gasteiger partial charge on any atom is 0.321 e. The second-order valence-corrected chi connectivity index (χ2v) is 7.09. The van der Waals surface area contributed by atoms with Gasteiger partial charge in [0.05, 0.1) is 0 Å². The zero-order valence-electron chi connectivity index (χ0n) is 15.0. The van der Waals surface area contributed by atoms with Gasteiger partial charge in [0.15, 0.2) is 0 Å². The quantitative estimate of drug-likeness (QED) is 0.851. The first-order chi connectivity index (χ1) is 11.9. The monoisotopic (exact) mass is 357 g/mol. The van der Waals surface area contributed by atoms with Crippen LogP contribution < -0.4 is 10.2 Å². The number of amides is 2. The number of nitrogens with zero attached hydrogens (tertiary/aromatic N) is 2. The maximum absolute atomic E-state index is 12.5.